The minimum Gasteiger partial charge on any atom is -0.484 e. The molecule has 0 bridgehead atoms. The van der Waals surface area contributed by atoms with Gasteiger partial charge in [0.2, 0.25) is 5.82 Å². The lowest BCUT2D eigenvalue weighted by molar-refractivity contribution is 0.0106. The Bertz CT molecular complexity index is 1450. The molecule has 0 aliphatic carbocycles. The summed E-state index contributed by atoms with van der Waals surface area (Å²) in [5.41, 5.74) is 3.26. The van der Waals surface area contributed by atoms with E-state index in [1.165, 1.54) is 21.9 Å². The van der Waals surface area contributed by atoms with Gasteiger partial charge in [0.15, 0.2) is 6.61 Å². The molecular formula is C30H28N4O3. The number of aromatic nitrogens is 3. The van der Waals surface area contributed by atoms with E-state index in [0.29, 0.717) is 24.2 Å². The number of pyridine rings is 1. The van der Waals surface area contributed by atoms with Gasteiger partial charge in [0.05, 0.1) is 12.7 Å². The van der Waals surface area contributed by atoms with E-state index in [9.17, 15) is 0 Å². The van der Waals surface area contributed by atoms with Gasteiger partial charge in [-0.2, -0.15) is 4.98 Å². The summed E-state index contributed by atoms with van der Waals surface area (Å²) in [6.07, 6.45) is 4.55. The molecule has 7 nitrogen and oxygen atoms in total. The maximum absolute atomic E-state index is 6.43. The zero-order valence-electron chi connectivity index (χ0n) is 20.4. The molecule has 3 aromatic carbocycles. The Morgan fingerprint density at radius 1 is 0.919 bits per heavy atom. The van der Waals surface area contributed by atoms with Crippen molar-refractivity contribution in [2.75, 3.05) is 13.1 Å². The molecule has 1 aliphatic rings. The van der Waals surface area contributed by atoms with E-state index >= 15 is 0 Å². The van der Waals surface area contributed by atoms with Crippen molar-refractivity contribution in [1.29, 1.82) is 0 Å². The third-order valence-electron chi connectivity index (χ3n) is 6.76. The number of piperidine rings is 1. The van der Waals surface area contributed by atoms with Crippen molar-refractivity contribution < 1.29 is 14.0 Å². The van der Waals surface area contributed by atoms with Crippen molar-refractivity contribution in [2.45, 2.75) is 31.7 Å². The van der Waals surface area contributed by atoms with Crippen LogP contribution in [0.3, 0.4) is 0 Å². The van der Waals surface area contributed by atoms with Gasteiger partial charge in [0.25, 0.3) is 5.89 Å². The number of benzene rings is 3. The standard InChI is InChI=1S/C30H28N4O3/c1-2-5-24-16-21(7-8-22(24)4-1)19-36-28-18-32-15-13-27(28)23-9-11-26(12-10-23)35-20-29-33-30(34-37-29)25-6-3-14-31-17-25/h1-12,14,16-17,27-28,32H,13,15,18-20H2/t27-,28+/m0/s1. The Hall–Kier alpha value is -4.07. The van der Waals surface area contributed by atoms with Crippen LogP contribution in [0.4, 0.5) is 0 Å². The second kappa shape index (κ2) is 10.9. The molecular weight excluding hydrogens is 464 g/mol. The van der Waals surface area contributed by atoms with Gasteiger partial charge in [0.1, 0.15) is 5.75 Å². The van der Waals surface area contributed by atoms with Crippen molar-refractivity contribution in [1.82, 2.24) is 20.4 Å². The van der Waals surface area contributed by atoms with Crippen LogP contribution in [0.15, 0.2) is 95.8 Å². The molecule has 7 heteroatoms. The molecule has 0 radical (unpaired) electrons. The van der Waals surface area contributed by atoms with Gasteiger partial charge in [-0.15, -0.1) is 0 Å². The first-order chi connectivity index (χ1) is 18.3. The zero-order chi connectivity index (χ0) is 24.9. The molecule has 0 spiro atoms. The summed E-state index contributed by atoms with van der Waals surface area (Å²) < 4.78 is 17.7. The fourth-order valence-electron chi connectivity index (χ4n) is 4.80. The van der Waals surface area contributed by atoms with E-state index < -0.39 is 0 Å². The van der Waals surface area contributed by atoms with Crippen LogP contribution in [-0.2, 0) is 18.0 Å². The van der Waals surface area contributed by atoms with Crippen molar-refractivity contribution in [3.05, 3.63) is 108 Å². The third kappa shape index (κ3) is 5.53. The molecule has 1 N–H and O–H groups in total. The normalized spacial score (nSPS) is 17.6. The molecule has 186 valence electrons. The van der Waals surface area contributed by atoms with Gasteiger partial charge in [0, 0.05) is 30.4 Å². The van der Waals surface area contributed by atoms with Gasteiger partial charge in [-0.3, -0.25) is 4.98 Å². The van der Waals surface area contributed by atoms with Crippen molar-refractivity contribution in [3.8, 4) is 17.1 Å². The van der Waals surface area contributed by atoms with Gasteiger partial charge < -0.3 is 19.3 Å². The van der Waals surface area contributed by atoms with Crippen LogP contribution in [0.1, 0.15) is 29.4 Å². The number of nitrogens with one attached hydrogen (secondary N) is 1. The van der Waals surface area contributed by atoms with Crippen molar-refractivity contribution >= 4 is 10.8 Å². The molecule has 3 heterocycles. The molecule has 2 atom stereocenters. The van der Waals surface area contributed by atoms with Gasteiger partial charge in [-0.1, -0.05) is 53.7 Å². The van der Waals surface area contributed by atoms with E-state index in [1.807, 2.05) is 24.3 Å². The number of hydrogen-bond donors (Lipinski definition) is 1. The predicted octanol–water partition coefficient (Wildman–Crippen LogP) is 5.53. The average molecular weight is 493 g/mol. The molecule has 1 saturated heterocycles. The topological polar surface area (TPSA) is 82.3 Å². The quantitative estimate of drug-likeness (QED) is 0.305. The molecule has 6 rings (SSSR count). The van der Waals surface area contributed by atoms with Crippen LogP contribution in [0.25, 0.3) is 22.2 Å². The summed E-state index contributed by atoms with van der Waals surface area (Å²) in [6, 6.07) is 26.9. The molecule has 37 heavy (non-hydrogen) atoms. The minimum atomic E-state index is 0.108. The summed E-state index contributed by atoms with van der Waals surface area (Å²) in [6.45, 7) is 2.62. The van der Waals surface area contributed by atoms with Crippen LogP contribution in [0, 0.1) is 0 Å². The van der Waals surface area contributed by atoms with Crippen LogP contribution in [0.5, 0.6) is 5.75 Å². The lowest BCUT2D eigenvalue weighted by Gasteiger charge is -2.32. The fourth-order valence-corrected chi connectivity index (χ4v) is 4.80. The molecule has 1 aliphatic heterocycles. The summed E-state index contributed by atoms with van der Waals surface area (Å²) >= 11 is 0. The molecule has 2 aromatic heterocycles. The third-order valence-corrected chi connectivity index (χ3v) is 6.76. The lowest BCUT2D eigenvalue weighted by Crippen LogP contribution is -2.40. The van der Waals surface area contributed by atoms with Crippen LogP contribution in [0.2, 0.25) is 0 Å². The maximum Gasteiger partial charge on any atom is 0.264 e. The largest absolute Gasteiger partial charge is 0.484 e. The monoisotopic (exact) mass is 492 g/mol. The summed E-state index contributed by atoms with van der Waals surface area (Å²) in [5, 5.41) is 9.99. The molecule has 1 fully saturated rings. The summed E-state index contributed by atoms with van der Waals surface area (Å²) in [5.74, 6) is 2.01. The average Bonchev–Trinajstić information content (AvgIpc) is 3.45. The van der Waals surface area contributed by atoms with Crippen LogP contribution >= 0.6 is 0 Å². The van der Waals surface area contributed by atoms with E-state index in [2.05, 4.69) is 75.0 Å². The molecule has 0 saturated carbocycles. The number of fused-ring (bicyclic) bond motifs is 1. The van der Waals surface area contributed by atoms with E-state index in [0.717, 1.165) is 30.8 Å². The van der Waals surface area contributed by atoms with Gasteiger partial charge >= 0.3 is 0 Å². The number of hydrogen-bond acceptors (Lipinski definition) is 7. The van der Waals surface area contributed by atoms with Gasteiger partial charge in [-0.25, -0.2) is 0 Å². The predicted molar refractivity (Wildman–Crippen MR) is 141 cm³/mol. The van der Waals surface area contributed by atoms with E-state index in [4.69, 9.17) is 14.0 Å². The Labute approximate surface area is 215 Å². The Morgan fingerprint density at radius 2 is 1.81 bits per heavy atom. The van der Waals surface area contributed by atoms with Crippen molar-refractivity contribution in [2.24, 2.45) is 0 Å². The summed E-state index contributed by atoms with van der Waals surface area (Å²) in [4.78, 5) is 8.48. The first-order valence-corrected chi connectivity index (χ1v) is 12.6. The fraction of sp³-hybridized carbons (Fsp3) is 0.233. The minimum absolute atomic E-state index is 0.108. The zero-order valence-corrected chi connectivity index (χ0v) is 20.4. The number of ether oxygens (including phenoxy) is 2. The highest BCUT2D eigenvalue weighted by atomic mass is 16.5. The van der Waals surface area contributed by atoms with Crippen LogP contribution in [-0.4, -0.2) is 34.3 Å². The molecule has 5 aromatic rings. The molecule has 0 unspecified atom stereocenters. The number of rotatable bonds is 8. The van der Waals surface area contributed by atoms with E-state index in [1.54, 1.807) is 12.4 Å². The lowest BCUT2D eigenvalue weighted by atomic mass is 9.87. The second-order valence-electron chi connectivity index (χ2n) is 9.24. The maximum atomic E-state index is 6.43. The first kappa shape index (κ1) is 23.3. The Balaban J connectivity index is 1.07. The SMILES string of the molecule is c1cncc(-c2noc(COc3ccc([C@@H]4CCNC[C@H]4OCc4ccc5ccccc5c4)cc3)n2)c1. The first-order valence-electron chi connectivity index (χ1n) is 12.6. The highest BCUT2D eigenvalue weighted by Gasteiger charge is 2.27. The number of nitrogens with zero attached hydrogens (tertiary/aromatic N) is 3. The van der Waals surface area contributed by atoms with Crippen LogP contribution < -0.4 is 10.1 Å². The molecule has 0 amide bonds. The Morgan fingerprint density at radius 3 is 2.68 bits per heavy atom. The second-order valence-corrected chi connectivity index (χ2v) is 9.24. The smallest absolute Gasteiger partial charge is 0.264 e. The van der Waals surface area contributed by atoms with Crippen molar-refractivity contribution in [3.63, 3.8) is 0 Å². The Kier molecular flexibility index (Phi) is 6.88. The highest BCUT2D eigenvalue weighted by molar-refractivity contribution is 5.82. The summed E-state index contributed by atoms with van der Waals surface area (Å²) in [7, 11) is 0. The highest BCUT2D eigenvalue weighted by Crippen LogP contribution is 2.30. The van der Waals surface area contributed by atoms with Gasteiger partial charge in [-0.05, 0) is 65.2 Å². The van der Waals surface area contributed by atoms with E-state index in [-0.39, 0.29) is 12.7 Å².